The average Bonchev–Trinajstić information content (AvgIpc) is 2.18. The van der Waals surface area contributed by atoms with Crippen molar-refractivity contribution in [3.05, 3.63) is 23.4 Å². The number of hydrogen-bond acceptors (Lipinski definition) is 4. The average molecular weight is 233 g/mol. The Bertz CT molecular complexity index is 294. The quantitative estimate of drug-likeness (QED) is 0.230. The highest BCUT2D eigenvalue weighted by molar-refractivity contribution is 6.47. The Morgan fingerprint density at radius 3 is 2.33 bits per heavy atom. The van der Waals surface area contributed by atoms with Gasteiger partial charge < -0.3 is 9.47 Å². The Morgan fingerprint density at radius 1 is 1.33 bits per heavy atom. The Morgan fingerprint density at radius 2 is 1.93 bits per heavy atom. The van der Waals surface area contributed by atoms with Gasteiger partial charge in [0.05, 0.1) is 25.0 Å². The van der Waals surface area contributed by atoms with E-state index in [2.05, 4.69) is 11.3 Å². The lowest BCUT2D eigenvalue weighted by Crippen LogP contribution is -2.19. The molecule has 0 heterocycles. The molecule has 4 nitrogen and oxygen atoms in total. The van der Waals surface area contributed by atoms with Gasteiger partial charge in [-0.05, 0) is 13.8 Å². The fraction of sp³-hybridized carbons (Fsp3) is 0.400. The van der Waals surface area contributed by atoms with Crippen molar-refractivity contribution in [3.63, 3.8) is 0 Å². The molecule has 15 heavy (non-hydrogen) atoms. The molecule has 0 aromatic rings. The molecule has 0 aromatic carbocycles. The Balaban J connectivity index is 4.71. The first-order valence-electron chi connectivity index (χ1n) is 4.42. The minimum atomic E-state index is -0.967. The van der Waals surface area contributed by atoms with Crippen LogP contribution in [0.1, 0.15) is 13.8 Å². The van der Waals surface area contributed by atoms with Crippen LogP contribution in [-0.4, -0.2) is 25.0 Å². The summed E-state index contributed by atoms with van der Waals surface area (Å²) in [5, 5.41) is -0.0542. The van der Waals surface area contributed by atoms with Crippen molar-refractivity contribution in [2.75, 3.05) is 13.2 Å². The first-order valence-corrected chi connectivity index (χ1v) is 4.80. The number of esters is 1. The molecule has 0 bridgehead atoms. The van der Waals surface area contributed by atoms with Crippen molar-refractivity contribution in [2.24, 2.45) is 0 Å². The lowest BCUT2D eigenvalue weighted by atomic mass is 10.2. The van der Waals surface area contributed by atoms with Gasteiger partial charge in [-0.25, -0.2) is 4.79 Å². The number of Topliss-reactive ketones (excluding diaryl/α,β-unsaturated/α-hetero) is 1. The van der Waals surface area contributed by atoms with E-state index in [1.165, 1.54) is 0 Å². The van der Waals surface area contributed by atoms with E-state index in [-0.39, 0.29) is 17.2 Å². The molecule has 0 radical (unpaired) electrons. The molecule has 0 N–H and O–H groups in total. The molecule has 0 saturated carbocycles. The smallest absolute Gasteiger partial charge is 0.379 e. The monoisotopic (exact) mass is 232 g/mol. The number of ketones is 1. The van der Waals surface area contributed by atoms with Gasteiger partial charge in [0.15, 0.2) is 0 Å². The Hall–Kier alpha value is -1.29. The van der Waals surface area contributed by atoms with E-state index in [1.54, 1.807) is 13.8 Å². The van der Waals surface area contributed by atoms with Crippen LogP contribution in [0.25, 0.3) is 0 Å². The highest BCUT2D eigenvalue weighted by atomic mass is 35.5. The number of ether oxygens (including phenoxy) is 2. The van der Waals surface area contributed by atoms with Gasteiger partial charge in [0, 0.05) is 5.03 Å². The summed E-state index contributed by atoms with van der Waals surface area (Å²) in [6, 6.07) is 0. The second-order valence-electron chi connectivity index (χ2n) is 2.44. The molecular formula is C10H13ClO4. The molecule has 0 saturated heterocycles. The maximum atomic E-state index is 11.4. The standard InChI is InChI=1S/C10H13ClO4/c1-4-14-6-8(7(3)11)9(12)10(13)15-5-2/h6H,3-5H2,1-2H3/b8-6+. The largest absolute Gasteiger partial charge is 0.501 e. The van der Waals surface area contributed by atoms with Crippen molar-refractivity contribution in [2.45, 2.75) is 13.8 Å². The third-order valence-corrected chi connectivity index (χ3v) is 1.57. The number of carbonyl (C=O) groups is 2. The second-order valence-corrected chi connectivity index (χ2v) is 2.90. The summed E-state index contributed by atoms with van der Waals surface area (Å²) in [5.41, 5.74) is -0.0861. The van der Waals surface area contributed by atoms with E-state index >= 15 is 0 Å². The van der Waals surface area contributed by atoms with Crippen LogP contribution in [0.15, 0.2) is 23.4 Å². The molecule has 84 valence electrons. The predicted molar refractivity (Wildman–Crippen MR) is 56.3 cm³/mol. The van der Waals surface area contributed by atoms with E-state index in [0.29, 0.717) is 6.61 Å². The zero-order valence-corrected chi connectivity index (χ0v) is 9.47. The molecule has 0 aliphatic rings. The number of hydrogen-bond donors (Lipinski definition) is 0. The number of carbonyl (C=O) groups excluding carboxylic acids is 2. The lowest BCUT2D eigenvalue weighted by Gasteiger charge is -2.04. The molecule has 0 aliphatic heterocycles. The van der Waals surface area contributed by atoms with Gasteiger partial charge in [-0.2, -0.15) is 0 Å². The zero-order valence-electron chi connectivity index (χ0n) is 8.71. The molecule has 0 unspecified atom stereocenters. The van der Waals surface area contributed by atoms with Crippen molar-refractivity contribution in [3.8, 4) is 0 Å². The Labute approximate surface area is 93.5 Å². The highest BCUT2D eigenvalue weighted by Gasteiger charge is 2.22. The molecule has 5 heteroatoms. The van der Waals surface area contributed by atoms with Gasteiger partial charge in [-0.3, -0.25) is 4.79 Å². The maximum absolute atomic E-state index is 11.4. The lowest BCUT2D eigenvalue weighted by molar-refractivity contribution is -0.151. The van der Waals surface area contributed by atoms with Crippen LogP contribution in [0.2, 0.25) is 0 Å². The summed E-state index contributed by atoms with van der Waals surface area (Å²) < 4.78 is 9.40. The summed E-state index contributed by atoms with van der Waals surface area (Å²) in [6.45, 7) is 7.19. The minimum Gasteiger partial charge on any atom is -0.501 e. The van der Waals surface area contributed by atoms with Gasteiger partial charge in [-0.1, -0.05) is 18.2 Å². The van der Waals surface area contributed by atoms with Gasteiger partial charge in [0.2, 0.25) is 0 Å². The van der Waals surface area contributed by atoms with Crippen LogP contribution in [0, 0.1) is 0 Å². The SMILES string of the molecule is C=C(Cl)/C(=C\OCC)C(=O)C(=O)OCC. The van der Waals surface area contributed by atoms with E-state index in [4.69, 9.17) is 16.3 Å². The fourth-order valence-electron chi connectivity index (χ4n) is 0.714. The minimum absolute atomic E-state index is 0.0542. The number of halogens is 1. The van der Waals surface area contributed by atoms with E-state index < -0.39 is 11.8 Å². The van der Waals surface area contributed by atoms with Gasteiger partial charge in [0.25, 0.3) is 5.78 Å². The molecule has 0 atom stereocenters. The highest BCUT2D eigenvalue weighted by Crippen LogP contribution is 2.14. The van der Waals surface area contributed by atoms with Crippen LogP contribution in [-0.2, 0) is 19.1 Å². The second kappa shape index (κ2) is 7.06. The van der Waals surface area contributed by atoms with Crippen molar-refractivity contribution in [1.29, 1.82) is 0 Å². The van der Waals surface area contributed by atoms with Crippen LogP contribution < -0.4 is 0 Å². The first-order chi connectivity index (χ1) is 7.04. The zero-order chi connectivity index (χ0) is 11.8. The van der Waals surface area contributed by atoms with Crippen molar-refractivity contribution in [1.82, 2.24) is 0 Å². The van der Waals surface area contributed by atoms with Gasteiger partial charge in [-0.15, -0.1) is 0 Å². The fourth-order valence-corrected chi connectivity index (χ4v) is 0.844. The van der Waals surface area contributed by atoms with Crippen molar-refractivity contribution >= 4 is 23.4 Å². The molecule has 0 rings (SSSR count). The summed E-state index contributed by atoms with van der Waals surface area (Å²) in [4.78, 5) is 22.5. The normalized spacial score (nSPS) is 10.7. The maximum Gasteiger partial charge on any atom is 0.379 e. The summed E-state index contributed by atoms with van der Waals surface area (Å²) >= 11 is 5.55. The summed E-state index contributed by atoms with van der Waals surface area (Å²) in [7, 11) is 0. The van der Waals surface area contributed by atoms with Crippen LogP contribution >= 0.6 is 11.6 Å². The van der Waals surface area contributed by atoms with E-state index in [9.17, 15) is 9.59 Å². The number of allylic oxidation sites excluding steroid dienone is 1. The first kappa shape index (κ1) is 13.7. The van der Waals surface area contributed by atoms with Gasteiger partial charge in [0.1, 0.15) is 0 Å². The predicted octanol–water partition coefficient (Wildman–Crippen LogP) is 1.79. The molecule has 0 amide bonds. The van der Waals surface area contributed by atoms with Crippen LogP contribution in [0.4, 0.5) is 0 Å². The molecule has 0 aliphatic carbocycles. The van der Waals surface area contributed by atoms with Crippen LogP contribution in [0.3, 0.4) is 0 Å². The van der Waals surface area contributed by atoms with Crippen molar-refractivity contribution < 1.29 is 19.1 Å². The van der Waals surface area contributed by atoms with E-state index in [1.807, 2.05) is 0 Å². The van der Waals surface area contributed by atoms with Crippen LogP contribution in [0.5, 0.6) is 0 Å². The third-order valence-electron chi connectivity index (χ3n) is 1.37. The molecule has 0 spiro atoms. The topological polar surface area (TPSA) is 52.6 Å². The molecular weight excluding hydrogens is 220 g/mol. The van der Waals surface area contributed by atoms with E-state index in [0.717, 1.165) is 6.26 Å². The Kier molecular flexibility index (Phi) is 6.45. The molecule has 0 fully saturated rings. The third kappa shape index (κ3) is 4.65. The summed E-state index contributed by atoms with van der Waals surface area (Å²) in [5.74, 6) is -1.82. The van der Waals surface area contributed by atoms with Gasteiger partial charge >= 0.3 is 5.97 Å². The number of rotatable bonds is 6. The molecule has 0 aromatic heterocycles. The summed E-state index contributed by atoms with van der Waals surface area (Å²) in [6.07, 6.45) is 1.11.